The van der Waals surface area contributed by atoms with Crippen LogP contribution in [0.5, 0.6) is 0 Å². The molecular formula is C22H43NaO6S. The Morgan fingerprint density at radius 1 is 0.833 bits per heavy atom. The van der Waals surface area contributed by atoms with Gasteiger partial charge >= 0.3 is 35.5 Å². The summed E-state index contributed by atoms with van der Waals surface area (Å²) in [5, 5.41) is 9.01. The molecule has 1 N–H and O–H groups in total. The molecule has 0 aliphatic carbocycles. The molecule has 0 heterocycles. The standard InChI is InChI=1S/C22H44O6S.Na/c1-3-5-7-8-10-13-16-20(23)21(29(25,26)27)17-14-11-9-12-15-18-22(24)28-19-6-4-2;/h20-21,23H,3-19H2,1-2H3,(H,25,26,27);/q;+1/p-1. The first-order chi connectivity index (χ1) is 13.8. The SMILES string of the molecule is CCCCCCCCC(O)C(CCCCCCCC(=O)OCCCC)S(=O)(=O)[O-].[Na+]. The smallest absolute Gasteiger partial charge is 0.748 e. The van der Waals surface area contributed by atoms with Gasteiger partial charge in [-0.2, -0.15) is 0 Å². The molecule has 0 aliphatic rings. The first-order valence-electron chi connectivity index (χ1n) is 11.6. The summed E-state index contributed by atoms with van der Waals surface area (Å²) in [5.74, 6) is -0.159. The molecule has 6 nitrogen and oxygen atoms in total. The summed E-state index contributed by atoms with van der Waals surface area (Å²) < 4.78 is 39.7. The molecule has 0 aromatic heterocycles. The van der Waals surface area contributed by atoms with Crippen LogP contribution in [-0.2, 0) is 19.6 Å². The second-order valence-corrected chi connectivity index (χ2v) is 9.63. The topological polar surface area (TPSA) is 104 Å². The van der Waals surface area contributed by atoms with Gasteiger partial charge in [-0.25, -0.2) is 8.42 Å². The number of unbranched alkanes of at least 4 members (excludes halogenated alkanes) is 10. The predicted molar refractivity (Wildman–Crippen MR) is 116 cm³/mol. The normalized spacial score (nSPS) is 13.5. The van der Waals surface area contributed by atoms with Gasteiger partial charge in [-0.3, -0.25) is 4.79 Å². The van der Waals surface area contributed by atoms with E-state index in [9.17, 15) is 22.9 Å². The van der Waals surface area contributed by atoms with E-state index in [4.69, 9.17) is 4.74 Å². The Morgan fingerprint density at radius 3 is 1.90 bits per heavy atom. The van der Waals surface area contributed by atoms with E-state index in [0.29, 0.717) is 25.9 Å². The van der Waals surface area contributed by atoms with Crippen molar-refractivity contribution in [2.75, 3.05) is 6.61 Å². The molecule has 0 bridgehead atoms. The molecule has 2 atom stereocenters. The summed E-state index contributed by atoms with van der Waals surface area (Å²) in [7, 11) is -4.50. The van der Waals surface area contributed by atoms with Crippen LogP contribution in [-0.4, -0.2) is 42.0 Å². The van der Waals surface area contributed by atoms with Crippen molar-refractivity contribution in [2.45, 2.75) is 128 Å². The van der Waals surface area contributed by atoms with E-state index < -0.39 is 21.5 Å². The fourth-order valence-electron chi connectivity index (χ4n) is 3.40. The van der Waals surface area contributed by atoms with Crippen molar-refractivity contribution in [2.24, 2.45) is 0 Å². The van der Waals surface area contributed by atoms with Crippen LogP contribution >= 0.6 is 0 Å². The Balaban J connectivity index is 0. The predicted octanol–water partition coefficient (Wildman–Crippen LogP) is 2.09. The van der Waals surface area contributed by atoms with Crippen LogP contribution in [0.4, 0.5) is 0 Å². The molecule has 0 radical (unpaired) electrons. The van der Waals surface area contributed by atoms with Crippen LogP contribution in [0.1, 0.15) is 117 Å². The summed E-state index contributed by atoms with van der Waals surface area (Å²) in [5.41, 5.74) is 0. The monoisotopic (exact) mass is 458 g/mol. The van der Waals surface area contributed by atoms with Crippen LogP contribution in [0, 0.1) is 0 Å². The second-order valence-electron chi connectivity index (χ2n) is 8.04. The van der Waals surface area contributed by atoms with Gasteiger partial charge in [-0.15, -0.1) is 0 Å². The van der Waals surface area contributed by atoms with Gasteiger partial charge in [0.15, 0.2) is 0 Å². The minimum Gasteiger partial charge on any atom is -0.748 e. The second kappa shape index (κ2) is 21.2. The summed E-state index contributed by atoms with van der Waals surface area (Å²) in [6, 6.07) is 0. The van der Waals surface area contributed by atoms with Gasteiger partial charge in [-0.1, -0.05) is 84.5 Å². The minimum atomic E-state index is -4.50. The quantitative estimate of drug-likeness (QED) is 0.130. The van der Waals surface area contributed by atoms with E-state index in [1.807, 2.05) is 6.92 Å². The Bertz CT molecular complexity index is 498. The average molecular weight is 459 g/mol. The zero-order valence-electron chi connectivity index (χ0n) is 19.6. The molecule has 0 aromatic carbocycles. The molecule has 0 saturated carbocycles. The zero-order chi connectivity index (χ0) is 22.0. The van der Waals surface area contributed by atoms with Crippen molar-refractivity contribution in [3.8, 4) is 0 Å². The number of esters is 1. The van der Waals surface area contributed by atoms with E-state index >= 15 is 0 Å². The van der Waals surface area contributed by atoms with Crippen LogP contribution in [0.3, 0.4) is 0 Å². The maximum Gasteiger partial charge on any atom is 1.00 e. The number of aliphatic hydroxyl groups excluding tert-OH is 1. The van der Waals surface area contributed by atoms with Crippen LogP contribution < -0.4 is 29.6 Å². The van der Waals surface area contributed by atoms with Crippen molar-refractivity contribution < 1.29 is 57.2 Å². The Kier molecular flexibility index (Phi) is 23.0. The van der Waals surface area contributed by atoms with Crippen molar-refractivity contribution in [3.05, 3.63) is 0 Å². The van der Waals surface area contributed by atoms with Crippen LogP contribution in [0.2, 0.25) is 0 Å². The zero-order valence-corrected chi connectivity index (χ0v) is 22.4. The molecule has 0 rings (SSSR count). The van der Waals surface area contributed by atoms with Gasteiger partial charge in [0.1, 0.15) is 10.1 Å². The maximum atomic E-state index is 11.5. The molecule has 0 aliphatic heterocycles. The molecule has 30 heavy (non-hydrogen) atoms. The first-order valence-corrected chi connectivity index (χ1v) is 13.1. The van der Waals surface area contributed by atoms with Gasteiger partial charge in [0.05, 0.1) is 18.0 Å². The third-order valence-electron chi connectivity index (χ3n) is 5.28. The molecule has 0 amide bonds. The molecule has 2 unspecified atom stereocenters. The number of ether oxygens (including phenoxy) is 1. The maximum absolute atomic E-state index is 11.5. The van der Waals surface area contributed by atoms with Crippen molar-refractivity contribution in [1.29, 1.82) is 0 Å². The van der Waals surface area contributed by atoms with Crippen molar-refractivity contribution in [3.63, 3.8) is 0 Å². The average Bonchev–Trinajstić information content (AvgIpc) is 2.65. The van der Waals surface area contributed by atoms with Crippen molar-refractivity contribution in [1.82, 2.24) is 0 Å². The first kappa shape index (κ1) is 32.5. The van der Waals surface area contributed by atoms with Crippen LogP contribution in [0.25, 0.3) is 0 Å². The van der Waals surface area contributed by atoms with E-state index in [0.717, 1.165) is 64.2 Å². The van der Waals surface area contributed by atoms with Gasteiger partial charge in [0, 0.05) is 6.42 Å². The Morgan fingerprint density at radius 2 is 1.33 bits per heavy atom. The number of hydrogen-bond acceptors (Lipinski definition) is 6. The van der Waals surface area contributed by atoms with Gasteiger partial charge in [-0.05, 0) is 25.7 Å². The fourth-order valence-corrected chi connectivity index (χ4v) is 4.37. The number of rotatable bonds is 20. The number of carbonyl (C=O) groups is 1. The van der Waals surface area contributed by atoms with E-state index in [1.54, 1.807) is 0 Å². The third kappa shape index (κ3) is 19.1. The summed E-state index contributed by atoms with van der Waals surface area (Å²) in [6.45, 7) is 4.68. The molecule has 0 fully saturated rings. The molecule has 174 valence electrons. The molecular weight excluding hydrogens is 415 g/mol. The van der Waals surface area contributed by atoms with Gasteiger partial charge in [0.25, 0.3) is 0 Å². The van der Waals surface area contributed by atoms with Gasteiger partial charge < -0.3 is 14.4 Å². The molecule has 0 spiro atoms. The van der Waals surface area contributed by atoms with Crippen molar-refractivity contribution >= 4 is 16.1 Å². The van der Waals surface area contributed by atoms with E-state index in [2.05, 4.69) is 6.92 Å². The number of aliphatic hydroxyl groups is 1. The molecule has 8 heteroatoms. The number of hydrogen-bond donors (Lipinski definition) is 1. The van der Waals surface area contributed by atoms with E-state index in [-0.39, 0.29) is 41.9 Å². The molecule has 0 aromatic rings. The minimum absolute atomic E-state index is 0. The summed E-state index contributed by atoms with van der Waals surface area (Å²) >= 11 is 0. The third-order valence-corrected chi connectivity index (χ3v) is 6.58. The largest absolute Gasteiger partial charge is 1.00 e. The van der Waals surface area contributed by atoms with Gasteiger partial charge in [0.2, 0.25) is 0 Å². The summed E-state index contributed by atoms with van der Waals surface area (Å²) in [4.78, 5) is 11.5. The van der Waals surface area contributed by atoms with Crippen LogP contribution in [0.15, 0.2) is 0 Å². The Labute approximate surface area is 207 Å². The van der Waals surface area contributed by atoms with E-state index in [1.165, 1.54) is 12.8 Å². The Hall–Kier alpha value is 0.340. The summed E-state index contributed by atoms with van der Waals surface area (Å²) in [6.07, 6.45) is 12.0. The number of carbonyl (C=O) groups excluding carboxylic acids is 1. The fraction of sp³-hybridized carbons (Fsp3) is 0.955. The molecule has 0 saturated heterocycles.